The average Bonchev–Trinajstić information content (AvgIpc) is 2.37. The van der Waals surface area contributed by atoms with Crippen LogP contribution in [-0.4, -0.2) is 35.5 Å². The Bertz CT molecular complexity index is 422. The number of hydrogen-bond donors (Lipinski definition) is 1. The Balaban J connectivity index is 1.99. The predicted molar refractivity (Wildman–Crippen MR) is 70.0 cm³/mol. The number of halogens is 1. The van der Waals surface area contributed by atoms with Crippen LogP contribution >= 0.6 is 0 Å². The first-order chi connectivity index (χ1) is 8.66. The second kappa shape index (κ2) is 5.96. The molecule has 1 fully saturated rings. The van der Waals surface area contributed by atoms with Gasteiger partial charge in [0, 0.05) is 7.05 Å². The van der Waals surface area contributed by atoms with Crippen molar-refractivity contribution < 1.29 is 9.50 Å². The Kier molecular flexibility index (Phi) is 4.31. The molecular weight excluding hydrogens is 231 g/mol. The van der Waals surface area contributed by atoms with Gasteiger partial charge in [-0.1, -0.05) is 25.0 Å². The van der Waals surface area contributed by atoms with Crippen molar-refractivity contribution in [2.75, 3.05) is 7.05 Å². The summed E-state index contributed by atoms with van der Waals surface area (Å²) in [5, 5.41) is 16.0. The van der Waals surface area contributed by atoms with Crippen LogP contribution in [-0.2, 0) is 0 Å². The third-order valence-electron chi connectivity index (χ3n) is 3.41. The van der Waals surface area contributed by atoms with Gasteiger partial charge in [0.1, 0.15) is 5.82 Å². The van der Waals surface area contributed by atoms with Crippen molar-refractivity contribution in [1.82, 2.24) is 5.01 Å². The average molecular weight is 250 g/mol. The summed E-state index contributed by atoms with van der Waals surface area (Å²) in [5.41, 5.74) is 0.729. The molecule has 0 bridgehead atoms. The lowest BCUT2D eigenvalue weighted by Crippen LogP contribution is -2.40. The van der Waals surface area contributed by atoms with Gasteiger partial charge in [-0.15, -0.1) is 0 Å². The molecule has 3 nitrogen and oxygen atoms in total. The molecule has 4 heteroatoms. The lowest BCUT2D eigenvalue weighted by Gasteiger charge is -2.33. The fraction of sp³-hybridized carbons (Fsp3) is 0.500. The lowest BCUT2D eigenvalue weighted by molar-refractivity contribution is 0.0338. The molecule has 0 radical (unpaired) electrons. The van der Waals surface area contributed by atoms with Gasteiger partial charge in [0.05, 0.1) is 18.4 Å². The fourth-order valence-corrected chi connectivity index (χ4v) is 2.36. The molecule has 1 N–H and O–H groups in total. The molecule has 0 aliphatic heterocycles. The first-order valence-corrected chi connectivity index (χ1v) is 6.37. The van der Waals surface area contributed by atoms with E-state index >= 15 is 0 Å². The maximum absolute atomic E-state index is 13.0. The highest BCUT2D eigenvalue weighted by molar-refractivity contribution is 5.79. The zero-order valence-electron chi connectivity index (χ0n) is 10.6. The van der Waals surface area contributed by atoms with Crippen LogP contribution in [0.5, 0.6) is 0 Å². The van der Waals surface area contributed by atoms with Crippen molar-refractivity contribution >= 4 is 6.21 Å². The van der Waals surface area contributed by atoms with Gasteiger partial charge in [-0.25, -0.2) is 4.39 Å². The molecule has 1 aliphatic rings. The highest BCUT2D eigenvalue weighted by atomic mass is 19.1. The minimum atomic E-state index is -0.312. The maximum Gasteiger partial charge on any atom is 0.123 e. The fourth-order valence-electron chi connectivity index (χ4n) is 2.36. The summed E-state index contributed by atoms with van der Waals surface area (Å²) >= 11 is 0. The second-order valence-electron chi connectivity index (χ2n) is 4.79. The summed E-state index contributed by atoms with van der Waals surface area (Å²) in [6.45, 7) is 0. The molecule has 0 heterocycles. The number of aliphatic hydroxyl groups is 1. The van der Waals surface area contributed by atoms with Gasteiger partial charge in [0.15, 0.2) is 0 Å². The molecule has 1 aromatic rings. The third kappa shape index (κ3) is 3.29. The number of likely N-dealkylation sites (N-methyl/N-ethyl adjacent to an activating group) is 1. The topological polar surface area (TPSA) is 35.8 Å². The molecule has 2 atom stereocenters. The first-order valence-electron chi connectivity index (χ1n) is 6.37. The summed E-state index contributed by atoms with van der Waals surface area (Å²) in [6.07, 6.45) is 5.32. The number of nitrogens with zero attached hydrogens (tertiary/aromatic N) is 2. The first kappa shape index (κ1) is 13.0. The van der Waals surface area contributed by atoms with E-state index in [-0.39, 0.29) is 18.0 Å². The van der Waals surface area contributed by atoms with Gasteiger partial charge < -0.3 is 5.11 Å². The van der Waals surface area contributed by atoms with Crippen LogP contribution in [0.3, 0.4) is 0 Å². The van der Waals surface area contributed by atoms with Gasteiger partial charge in [-0.2, -0.15) is 5.10 Å². The molecule has 0 unspecified atom stereocenters. The van der Waals surface area contributed by atoms with E-state index in [0.29, 0.717) is 0 Å². The molecule has 1 aliphatic carbocycles. The Labute approximate surface area is 107 Å². The molecule has 2 rings (SSSR count). The number of aliphatic hydroxyl groups excluding tert-OH is 1. The van der Waals surface area contributed by atoms with E-state index in [1.807, 2.05) is 7.05 Å². The molecule has 18 heavy (non-hydrogen) atoms. The minimum absolute atomic E-state index is 0.0727. The zero-order valence-corrected chi connectivity index (χ0v) is 10.6. The smallest absolute Gasteiger partial charge is 0.123 e. The second-order valence-corrected chi connectivity index (χ2v) is 4.79. The molecule has 98 valence electrons. The van der Waals surface area contributed by atoms with Crippen molar-refractivity contribution in [3.05, 3.63) is 35.6 Å². The van der Waals surface area contributed by atoms with E-state index in [4.69, 9.17) is 0 Å². The summed E-state index contributed by atoms with van der Waals surface area (Å²) in [6, 6.07) is 6.38. The number of hydrazone groups is 1. The summed E-state index contributed by atoms with van der Waals surface area (Å²) in [4.78, 5) is 0. The van der Waals surface area contributed by atoms with Crippen LogP contribution in [0.4, 0.5) is 4.39 Å². The quantitative estimate of drug-likeness (QED) is 0.660. The number of benzene rings is 1. The standard InChI is InChI=1S/C14H19FN2O/c1-17(13-7-2-3-8-14(13)18)16-10-11-5-4-6-12(15)9-11/h4-6,9-10,13-14,18H,2-3,7-8H2,1H3/b16-10+/t13-,14-/m1/s1. The summed E-state index contributed by atoms with van der Waals surface area (Å²) < 4.78 is 13.0. The number of rotatable bonds is 3. The van der Waals surface area contributed by atoms with E-state index in [9.17, 15) is 9.50 Å². The van der Waals surface area contributed by atoms with Crippen LogP contribution in [0.2, 0.25) is 0 Å². The van der Waals surface area contributed by atoms with Gasteiger partial charge in [0.25, 0.3) is 0 Å². The van der Waals surface area contributed by atoms with Crippen LogP contribution in [0, 0.1) is 5.82 Å². The highest BCUT2D eigenvalue weighted by Gasteiger charge is 2.25. The van der Waals surface area contributed by atoms with Gasteiger partial charge in [-0.05, 0) is 30.5 Å². The van der Waals surface area contributed by atoms with E-state index < -0.39 is 0 Å². The van der Waals surface area contributed by atoms with E-state index in [0.717, 1.165) is 31.2 Å². The van der Waals surface area contributed by atoms with Crippen molar-refractivity contribution in [3.8, 4) is 0 Å². The van der Waals surface area contributed by atoms with Gasteiger partial charge >= 0.3 is 0 Å². The van der Waals surface area contributed by atoms with Crippen molar-refractivity contribution in [1.29, 1.82) is 0 Å². The molecule has 0 spiro atoms. The van der Waals surface area contributed by atoms with E-state index in [2.05, 4.69) is 5.10 Å². The van der Waals surface area contributed by atoms with Crippen molar-refractivity contribution in [2.24, 2.45) is 5.10 Å². The molecule has 0 amide bonds. The Morgan fingerprint density at radius 1 is 1.39 bits per heavy atom. The van der Waals surface area contributed by atoms with Gasteiger partial charge in [0.2, 0.25) is 0 Å². The Morgan fingerprint density at radius 2 is 2.17 bits per heavy atom. The van der Waals surface area contributed by atoms with Crippen molar-refractivity contribution in [3.63, 3.8) is 0 Å². The normalized spacial score (nSPS) is 24.4. The molecule has 1 aromatic carbocycles. The SMILES string of the molecule is CN(/N=C/c1cccc(F)c1)[C@@H]1CCCC[C@H]1O. The molecule has 0 saturated heterocycles. The number of hydrogen-bond acceptors (Lipinski definition) is 3. The van der Waals surface area contributed by atoms with E-state index in [1.54, 1.807) is 23.4 Å². The highest BCUT2D eigenvalue weighted by Crippen LogP contribution is 2.22. The van der Waals surface area contributed by atoms with E-state index in [1.165, 1.54) is 12.1 Å². The minimum Gasteiger partial charge on any atom is -0.391 e. The molecule has 1 saturated carbocycles. The third-order valence-corrected chi connectivity index (χ3v) is 3.41. The van der Waals surface area contributed by atoms with Gasteiger partial charge in [-0.3, -0.25) is 5.01 Å². The van der Waals surface area contributed by atoms with Crippen LogP contribution in [0.25, 0.3) is 0 Å². The summed E-state index contributed by atoms with van der Waals surface area (Å²) in [7, 11) is 1.86. The maximum atomic E-state index is 13.0. The largest absolute Gasteiger partial charge is 0.391 e. The molecular formula is C14H19FN2O. The zero-order chi connectivity index (χ0) is 13.0. The van der Waals surface area contributed by atoms with Crippen LogP contribution < -0.4 is 0 Å². The Hall–Kier alpha value is -1.42. The van der Waals surface area contributed by atoms with Crippen molar-refractivity contribution in [2.45, 2.75) is 37.8 Å². The Morgan fingerprint density at radius 3 is 2.89 bits per heavy atom. The summed E-state index contributed by atoms with van der Waals surface area (Å²) in [5.74, 6) is -0.265. The van der Waals surface area contributed by atoms with Crippen LogP contribution in [0.1, 0.15) is 31.2 Å². The predicted octanol–water partition coefficient (Wildman–Crippen LogP) is 2.39. The molecule has 0 aromatic heterocycles. The monoisotopic (exact) mass is 250 g/mol. The lowest BCUT2D eigenvalue weighted by atomic mass is 9.92. The van der Waals surface area contributed by atoms with Crippen LogP contribution in [0.15, 0.2) is 29.4 Å².